The van der Waals surface area contributed by atoms with Gasteiger partial charge in [-0.05, 0) is 61.5 Å². The zero-order valence-electron chi connectivity index (χ0n) is 21.2. The van der Waals surface area contributed by atoms with Crippen LogP contribution in [0.5, 0.6) is 0 Å². The molecule has 9 heteroatoms. The minimum Gasteiger partial charge on any atom is -0.388 e. The van der Waals surface area contributed by atoms with Gasteiger partial charge in [0.15, 0.2) is 0 Å². The third kappa shape index (κ3) is 6.43. The van der Waals surface area contributed by atoms with Crippen LogP contribution in [0, 0.1) is 23.7 Å². The second kappa shape index (κ2) is 12.2. The van der Waals surface area contributed by atoms with E-state index in [1.165, 1.54) is 18.2 Å². The lowest BCUT2D eigenvalue weighted by atomic mass is 9.85. The molecule has 8 nitrogen and oxygen atoms in total. The summed E-state index contributed by atoms with van der Waals surface area (Å²) in [7, 11) is 0. The number of carbonyl (C=O) groups excluding carboxylic acids is 1. The number of hydrogen-bond donors (Lipinski definition) is 5. The fraction of sp³-hybridized carbons (Fsp3) is 0.885. The maximum Gasteiger partial charge on any atom is 0.240 e. The van der Waals surface area contributed by atoms with Crippen LogP contribution in [-0.4, -0.2) is 88.2 Å². The first-order valence-corrected chi connectivity index (χ1v) is 14.4. The lowest BCUT2D eigenvalue weighted by Crippen LogP contribution is -2.65. The Hall–Kier alpha value is -0.680. The molecule has 2 bridgehead atoms. The lowest BCUT2D eigenvalue weighted by Gasteiger charge is -2.44. The Morgan fingerprint density at radius 3 is 2.77 bits per heavy atom. The van der Waals surface area contributed by atoms with Gasteiger partial charge >= 0.3 is 0 Å². The summed E-state index contributed by atoms with van der Waals surface area (Å²) in [5.41, 5.74) is -0.653. The van der Waals surface area contributed by atoms with Gasteiger partial charge in [0, 0.05) is 13.2 Å². The topological polar surface area (TPSA) is 120 Å². The van der Waals surface area contributed by atoms with Crippen LogP contribution in [0.15, 0.2) is 12.2 Å². The van der Waals surface area contributed by atoms with Crippen molar-refractivity contribution in [3.8, 4) is 0 Å². The summed E-state index contributed by atoms with van der Waals surface area (Å²) >= 11 is 1.44. The third-order valence-corrected chi connectivity index (χ3v) is 9.27. The number of aliphatic hydroxyl groups excluding tert-OH is 3. The van der Waals surface area contributed by atoms with Crippen LogP contribution in [0.2, 0.25) is 0 Å². The van der Waals surface area contributed by atoms with Crippen molar-refractivity contribution in [3.05, 3.63) is 12.2 Å². The molecule has 0 saturated carbocycles. The van der Waals surface area contributed by atoms with Gasteiger partial charge in [-0.1, -0.05) is 32.9 Å². The lowest BCUT2D eigenvalue weighted by molar-refractivity contribution is -0.207. The van der Waals surface area contributed by atoms with Gasteiger partial charge in [0.1, 0.15) is 35.9 Å². The fourth-order valence-electron chi connectivity index (χ4n) is 6.18. The van der Waals surface area contributed by atoms with Crippen molar-refractivity contribution < 1.29 is 29.6 Å². The summed E-state index contributed by atoms with van der Waals surface area (Å²) in [6, 6.07) is -1.02. The molecular weight excluding hydrogens is 468 g/mol. The highest BCUT2D eigenvalue weighted by Crippen LogP contribution is 2.35. The van der Waals surface area contributed by atoms with Crippen LogP contribution in [0.25, 0.3) is 0 Å². The van der Waals surface area contributed by atoms with Gasteiger partial charge < -0.3 is 35.4 Å². The molecule has 0 unspecified atom stereocenters. The number of carbonyl (C=O) groups is 1. The minimum absolute atomic E-state index is 0.132. The molecular formula is C26H44N2O6S. The number of ether oxygens (including phenoxy) is 2. The highest BCUT2D eigenvalue weighted by molar-refractivity contribution is 7.99. The number of thioether (sulfide) groups is 1. The predicted octanol–water partition coefficient (Wildman–Crippen LogP) is 1.43. The Balaban J connectivity index is 1.49. The van der Waals surface area contributed by atoms with Crippen molar-refractivity contribution in [1.29, 1.82) is 0 Å². The maximum atomic E-state index is 13.6. The Morgan fingerprint density at radius 1 is 1.20 bits per heavy atom. The van der Waals surface area contributed by atoms with Gasteiger partial charge in [0.05, 0.1) is 12.1 Å². The molecule has 4 aliphatic heterocycles. The van der Waals surface area contributed by atoms with Gasteiger partial charge in [-0.25, -0.2) is 0 Å². The molecule has 5 N–H and O–H groups in total. The highest BCUT2D eigenvalue weighted by atomic mass is 32.2. The number of amides is 1. The van der Waals surface area contributed by atoms with Crippen LogP contribution in [0.1, 0.15) is 52.9 Å². The molecule has 4 heterocycles. The predicted molar refractivity (Wildman–Crippen MR) is 136 cm³/mol. The van der Waals surface area contributed by atoms with Gasteiger partial charge in [0.25, 0.3) is 0 Å². The van der Waals surface area contributed by atoms with Gasteiger partial charge in [0.2, 0.25) is 5.91 Å². The van der Waals surface area contributed by atoms with Gasteiger partial charge in [-0.2, -0.15) is 0 Å². The first kappa shape index (κ1) is 27.4. The first-order chi connectivity index (χ1) is 16.8. The van der Waals surface area contributed by atoms with Crippen LogP contribution >= 0.6 is 11.8 Å². The molecule has 0 aromatic heterocycles. The molecule has 35 heavy (non-hydrogen) atoms. The standard InChI is InChI=1S/C26H44N2O6S/c1-14(2)11-16-8-9-33-23-17(12-16)13-27-19(23)25(32)28-18-15(3)7-5-4-6-10-35-26-22(31)20(29)21(30)24(18)34-26/h5,7,14-24,26-27,29-31H,4,6,8-13H2,1-3H3,(H,28,32)/t15-,16-,17-,18+,19-,20-,21+,22+,23+,24+,26+/m0/s1. The van der Waals surface area contributed by atoms with E-state index in [4.69, 9.17) is 9.47 Å². The van der Waals surface area contributed by atoms with Crippen LogP contribution in [-0.2, 0) is 14.3 Å². The molecule has 11 atom stereocenters. The number of nitrogens with one attached hydrogen (secondary N) is 2. The van der Waals surface area contributed by atoms with E-state index >= 15 is 0 Å². The van der Waals surface area contributed by atoms with E-state index in [0.717, 1.165) is 38.0 Å². The Morgan fingerprint density at radius 2 is 2.00 bits per heavy atom. The largest absolute Gasteiger partial charge is 0.388 e. The van der Waals surface area contributed by atoms with Crippen LogP contribution in [0.4, 0.5) is 0 Å². The van der Waals surface area contributed by atoms with E-state index in [1.807, 2.05) is 13.0 Å². The molecule has 0 aromatic carbocycles. The number of allylic oxidation sites excluding steroid dienone is 1. The Bertz CT molecular complexity index is 739. The van der Waals surface area contributed by atoms with Gasteiger partial charge in [-0.3, -0.25) is 4.79 Å². The molecule has 0 aromatic rings. The van der Waals surface area contributed by atoms with E-state index in [2.05, 4.69) is 30.6 Å². The number of aliphatic hydroxyl groups is 3. The van der Waals surface area contributed by atoms with Crippen LogP contribution in [0.3, 0.4) is 0 Å². The normalized spacial score (nSPS) is 44.8. The Labute approximate surface area is 213 Å². The minimum atomic E-state index is -1.33. The summed E-state index contributed by atoms with van der Waals surface area (Å²) in [5.74, 6) is 2.05. The number of rotatable bonds is 4. The van der Waals surface area contributed by atoms with Crippen LogP contribution < -0.4 is 10.6 Å². The smallest absolute Gasteiger partial charge is 0.240 e. The zero-order valence-corrected chi connectivity index (χ0v) is 22.0. The third-order valence-electron chi connectivity index (χ3n) is 8.03. The molecule has 1 amide bonds. The average Bonchev–Trinajstić information content (AvgIpc) is 3.09. The van der Waals surface area contributed by atoms with Gasteiger partial charge in [-0.15, -0.1) is 11.8 Å². The van der Waals surface area contributed by atoms with E-state index in [9.17, 15) is 20.1 Å². The molecule has 0 spiro atoms. The van der Waals surface area contributed by atoms with E-state index < -0.39 is 41.9 Å². The van der Waals surface area contributed by atoms with Crippen molar-refractivity contribution in [2.24, 2.45) is 23.7 Å². The maximum absolute atomic E-state index is 13.6. The molecule has 0 radical (unpaired) electrons. The Kier molecular flexibility index (Phi) is 9.57. The summed E-state index contributed by atoms with van der Waals surface area (Å²) in [6.45, 7) is 7.91. The van der Waals surface area contributed by atoms with E-state index in [1.54, 1.807) is 0 Å². The summed E-state index contributed by atoms with van der Waals surface area (Å²) < 4.78 is 12.4. The number of hydrogen-bond acceptors (Lipinski definition) is 8. The van der Waals surface area contributed by atoms with Crippen molar-refractivity contribution in [3.63, 3.8) is 0 Å². The average molecular weight is 513 g/mol. The second-order valence-corrected chi connectivity index (χ2v) is 12.5. The highest BCUT2D eigenvalue weighted by Gasteiger charge is 2.49. The quantitative estimate of drug-likeness (QED) is 0.359. The molecule has 3 fully saturated rings. The first-order valence-electron chi connectivity index (χ1n) is 13.4. The van der Waals surface area contributed by atoms with Crippen molar-refractivity contribution in [2.45, 2.75) is 101 Å². The summed E-state index contributed by atoms with van der Waals surface area (Å²) in [4.78, 5) is 13.6. The fourth-order valence-corrected chi connectivity index (χ4v) is 7.31. The SMILES string of the molecule is CC(C)C[C@@H]1CCO[C@@H]2[C@H](CN[C@@H]2C(=O)N[C@H]2[C@H]3O[C@H](SCCCC=C[C@@H]2C)[C@H](O)[C@@H](O)[C@H]3O)C1. The molecule has 4 rings (SSSR count). The molecule has 200 valence electrons. The number of fused-ring (bicyclic) bond motifs is 3. The van der Waals surface area contributed by atoms with E-state index in [0.29, 0.717) is 24.4 Å². The van der Waals surface area contributed by atoms with Crippen molar-refractivity contribution in [2.75, 3.05) is 18.9 Å². The second-order valence-electron chi connectivity index (χ2n) is 11.3. The molecule has 0 aliphatic carbocycles. The van der Waals surface area contributed by atoms with Crippen molar-refractivity contribution >= 4 is 17.7 Å². The molecule has 4 aliphatic rings. The monoisotopic (exact) mass is 512 g/mol. The van der Waals surface area contributed by atoms with Crippen molar-refractivity contribution in [1.82, 2.24) is 10.6 Å². The molecule has 3 saturated heterocycles. The zero-order chi connectivity index (χ0) is 25.1. The van der Waals surface area contributed by atoms with E-state index in [-0.39, 0.29) is 17.9 Å². The summed E-state index contributed by atoms with van der Waals surface area (Å²) in [5, 5.41) is 38.4. The summed E-state index contributed by atoms with van der Waals surface area (Å²) in [6.07, 6.45) is 4.41.